The third-order valence-corrected chi connectivity index (χ3v) is 4.15. The molecular formula is C18H23Cl2N3O2. The molecule has 1 aliphatic carbocycles. The number of nitrogens with one attached hydrogen (secondary N) is 1. The summed E-state index contributed by atoms with van der Waals surface area (Å²) in [5.41, 5.74) is 8.44. The number of nitrogens with two attached hydrogens (primary N) is 1. The van der Waals surface area contributed by atoms with Gasteiger partial charge in [0.1, 0.15) is 5.75 Å². The van der Waals surface area contributed by atoms with Crippen molar-refractivity contribution in [2.24, 2.45) is 11.7 Å². The minimum absolute atomic E-state index is 0. The second-order valence-corrected chi connectivity index (χ2v) is 5.90. The minimum Gasteiger partial charge on any atom is -0.497 e. The molecule has 136 valence electrons. The highest BCUT2D eigenvalue weighted by atomic mass is 35.5. The predicted octanol–water partition coefficient (Wildman–Crippen LogP) is 3.07. The van der Waals surface area contributed by atoms with E-state index in [9.17, 15) is 4.79 Å². The third kappa shape index (κ3) is 5.59. The van der Waals surface area contributed by atoms with Crippen LogP contribution in [0, 0.1) is 5.92 Å². The number of pyridine rings is 1. The lowest BCUT2D eigenvalue weighted by atomic mass is 10.1. The number of benzene rings is 1. The summed E-state index contributed by atoms with van der Waals surface area (Å²) in [7, 11) is 1.63. The Kier molecular flexibility index (Phi) is 8.16. The number of nitrogens with zero attached hydrogens (tertiary/aromatic N) is 1. The van der Waals surface area contributed by atoms with E-state index < -0.39 is 0 Å². The molecule has 2 aromatic rings. The Hall–Kier alpha value is -1.82. The number of halogens is 2. The Labute approximate surface area is 160 Å². The van der Waals surface area contributed by atoms with E-state index in [1.54, 1.807) is 19.5 Å². The molecule has 1 unspecified atom stereocenters. The highest BCUT2D eigenvalue weighted by Crippen LogP contribution is 2.31. The summed E-state index contributed by atoms with van der Waals surface area (Å²) < 4.78 is 5.15. The van der Waals surface area contributed by atoms with Crippen LogP contribution in [0.1, 0.15) is 23.2 Å². The zero-order valence-corrected chi connectivity index (χ0v) is 15.6. The van der Waals surface area contributed by atoms with Crippen LogP contribution in [0.2, 0.25) is 0 Å². The Morgan fingerprint density at radius 1 is 1.24 bits per heavy atom. The van der Waals surface area contributed by atoms with Crippen LogP contribution < -0.4 is 15.8 Å². The van der Waals surface area contributed by atoms with Crippen LogP contribution in [0.4, 0.5) is 0 Å². The van der Waals surface area contributed by atoms with Gasteiger partial charge >= 0.3 is 0 Å². The lowest BCUT2D eigenvalue weighted by Gasteiger charge is -2.12. The van der Waals surface area contributed by atoms with Crippen molar-refractivity contribution >= 4 is 30.7 Å². The van der Waals surface area contributed by atoms with Crippen LogP contribution in [0.25, 0.3) is 11.1 Å². The molecule has 3 rings (SSSR count). The van der Waals surface area contributed by atoms with Gasteiger partial charge in [0, 0.05) is 30.5 Å². The molecule has 0 saturated heterocycles. The quantitative estimate of drug-likeness (QED) is 0.803. The number of carbonyl (C=O) groups excluding carboxylic acids is 1. The Balaban J connectivity index is 0.00000156. The van der Waals surface area contributed by atoms with E-state index in [0.29, 0.717) is 18.0 Å². The normalized spacial score (nSPS) is 13.8. The highest BCUT2D eigenvalue weighted by molar-refractivity contribution is 5.95. The van der Waals surface area contributed by atoms with Crippen LogP contribution in [-0.2, 0) is 0 Å². The second-order valence-electron chi connectivity index (χ2n) is 5.90. The van der Waals surface area contributed by atoms with Gasteiger partial charge in [-0.05, 0) is 42.5 Å². The SMILES string of the molecule is COc1ccc(-c2cncc(C(=O)NCC(N)C3CC3)c2)cc1.Cl.Cl. The zero-order chi connectivity index (χ0) is 16.2. The van der Waals surface area contributed by atoms with Crippen molar-refractivity contribution in [3.05, 3.63) is 48.3 Å². The van der Waals surface area contributed by atoms with E-state index in [1.807, 2.05) is 30.3 Å². The summed E-state index contributed by atoms with van der Waals surface area (Å²) in [6, 6.07) is 9.55. The number of rotatable bonds is 6. The lowest BCUT2D eigenvalue weighted by molar-refractivity contribution is 0.0950. The average Bonchev–Trinajstić information content (AvgIpc) is 3.44. The third-order valence-electron chi connectivity index (χ3n) is 4.15. The molecular weight excluding hydrogens is 361 g/mol. The van der Waals surface area contributed by atoms with Gasteiger partial charge in [-0.1, -0.05) is 12.1 Å². The van der Waals surface area contributed by atoms with Gasteiger partial charge in [0.2, 0.25) is 0 Å². The molecule has 1 aliphatic rings. The molecule has 0 radical (unpaired) electrons. The van der Waals surface area contributed by atoms with E-state index >= 15 is 0 Å². The number of aromatic nitrogens is 1. The topological polar surface area (TPSA) is 77.2 Å². The molecule has 1 aromatic carbocycles. The fourth-order valence-electron chi connectivity index (χ4n) is 2.51. The van der Waals surface area contributed by atoms with Gasteiger partial charge in [-0.3, -0.25) is 9.78 Å². The van der Waals surface area contributed by atoms with Crippen molar-refractivity contribution < 1.29 is 9.53 Å². The zero-order valence-electron chi connectivity index (χ0n) is 14.0. The lowest BCUT2D eigenvalue weighted by Crippen LogP contribution is -2.38. The number of ether oxygens (including phenoxy) is 1. The molecule has 1 heterocycles. The largest absolute Gasteiger partial charge is 0.497 e. The maximum atomic E-state index is 12.2. The first-order valence-electron chi connectivity index (χ1n) is 7.80. The van der Waals surface area contributed by atoms with Gasteiger partial charge in [0.15, 0.2) is 0 Å². The number of amides is 1. The molecule has 25 heavy (non-hydrogen) atoms. The summed E-state index contributed by atoms with van der Waals surface area (Å²) in [4.78, 5) is 16.4. The van der Waals surface area contributed by atoms with Gasteiger partial charge in [-0.15, -0.1) is 24.8 Å². The number of hydrogen-bond acceptors (Lipinski definition) is 4. The fraction of sp³-hybridized carbons (Fsp3) is 0.333. The van der Waals surface area contributed by atoms with E-state index in [2.05, 4.69) is 10.3 Å². The minimum atomic E-state index is -0.135. The van der Waals surface area contributed by atoms with Crippen molar-refractivity contribution in [1.82, 2.24) is 10.3 Å². The van der Waals surface area contributed by atoms with Crippen molar-refractivity contribution in [2.45, 2.75) is 18.9 Å². The van der Waals surface area contributed by atoms with E-state index in [1.165, 1.54) is 12.8 Å². The summed E-state index contributed by atoms with van der Waals surface area (Å²) in [5.74, 6) is 1.23. The van der Waals surface area contributed by atoms with Crippen LogP contribution in [0.3, 0.4) is 0 Å². The number of carbonyl (C=O) groups is 1. The van der Waals surface area contributed by atoms with Crippen LogP contribution in [0.5, 0.6) is 5.75 Å². The fourth-order valence-corrected chi connectivity index (χ4v) is 2.51. The first-order chi connectivity index (χ1) is 11.2. The van der Waals surface area contributed by atoms with E-state index in [0.717, 1.165) is 16.9 Å². The molecule has 1 saturated carbocycles. The maximum absolute atomic E-state index is 12.2. The molecule has 1 amide bonds. The van der Waals surface area contributed by atoms with Gasteiger partial charge in [0.25, 0.3) is 5.91 Å². The first-order valence-corrected chi connectivity index (χ1v) is 7.80. The predicted molar refractivity (Wildman–Crippen MR) is 104 cm³/mol. The molecule has 5 nitrogen and oxygen atoms in total. The molecule has 7 heteroatoms. The number of hydrogen-bond donors (Lipinski definition) is 2. The standard InChI is InChI=1S/C18H21N3O2.2ClH/c1-23-16-6-4-12(5-7-16)14-8-15(10-20-9-14)18(22)21-11-17(19)13-2-3-13;;/h4-10,13,17H,2-3,11,19H2,1H3,(H,21,22);2*1H. The van der Waals surface area contributed by atoms with Crippen LogP contribution in [-0.4, -0.2) is 30.6 Å². The number of methoxy groups -OCH3 is 1. The molecule has 0 spiro atoms. The van der Waals surface area contributed by atoms with Gasteiger partial charge in [-0.2, -0.15) is 0 Å². The maximum Gasteiger partial charge on any atom is 0.252 e. The van der Waals surface area contributed by atoms with E-state index in [4.69, 9.17) is 10.5 Å². The van der Waals surface area contributed by atoms with Crippen molar-refractivity contribution in [1.29, 1.82) is 0 Å². The Morgan fingerprint density at radius 3 is 2.52 bits per heavy atom. The molecule has 1 fully saturated rings. The van der Waals surface area contributed by atoms with Crippen molar-refractivity contribution in [3.8, 4) is 16.9 Å². The monoisotopic (exact) mass is 383 g/mol. The second kappa shape index (κ2) is 9.61. The molecule has 1 atom stereocenters. The molecule has 0 aliphatic heterocycles. The van der Waals surface area contributed by atoms with E-state index in [-0.39, 0.29) is 36.8 Å². The smallest absolute Gasteiger partial charge is 0.252 e. The van der Waals surface area contributed by atoms with Crippen molar-refractivity contribution in [2.75, 3.05) is 13.7 Å². The van der Waals surface area contributed by atoms with Gasteiger partial charge in [-0.25, -0.2) is 0 Å². The first kappa shape index (κ1) is 21.2. The van der Waals surface area contributed by atoms with Crippen LogP contribution in [0.15, 0.2) is 42.7 Å². The average molecular weight is 384 g/mol. The molecule has 0 bridgehead atoms. The summed E-state index contributed by atoms with van der Waals surface area (Å²) in [6.45, 7) is 0.510. The Bertz CT molecular complexity index is 691. The summed E-state index contributed by atoms with van der Waals surface area (Å²) in [6.07, 6.45) is 5.66. The van der Waals surface area contributed by atoms with Gasteiger partial charge in [0.05, 0.1) is 12.7 Å². The molecule has 3 N–H and O–H groups in total. The van der Waals surface area contributed by atoms with Crippen LogP contribution >= 0.6 is 24.8 Å². The summed E-state index contributed by atoms with van der Waals surface area (Å²) in [5, 5.41) is 2.89. The van der Waals surface area contributed by atoms with Gasteiger partial charge < -0.3 is 15.8 Å². The highest BCUT2D eigenvalue weighted by Gasteiger charge is 2.28. The summed E-state index contributed by atoms with van der Waals surface area (Å²) >= 11 is 0. The Morgan fingerprint density at radius 2 is 1.92 bits per heavy atom. The van der Waals surface area contributed by atoms with Crippen molar-refractivity contribution in [3.63, 3.8) is 0 Å². The molecule has 1 aromatic heterocycles.